The van der Waals surface area contributed by atoms with E-state index in [1.54, 1.807) is 31.3 Å². The summed E-state index contributed by atoms with van der Waals surface area (Å²) in [6.07, 6.45) is 0. The van der Waals surface area contributed by atoms with Crippen molar-refractivity contribution in [3.63, 3.8) is 0 Å². The molecule has 0 spiro atoms. The molecule has 1 amide bonds. The highest BCUT2D eigenvalue weighted by Crippen LogP contribution is 2.30. The Balaban J connectivity index is 2.02. The molecule has 4 nitrogen and oxygen atoms in total. The number of anilines is 1. The smallest absolute Gasteiger partial charge is 0.258 e. The highest BCUT2D eigenvalue weighted by molar-refractivity contribution is 6.14. The highest BCUT2D eigenvalue weighted by atomic mass is 19.1. The quantitative estimate of drug-likeness (QED) is 0.772. The minimum atomic E-state index is -0.394. The summed E-state index contributed by atoms with van der Waals surface area (Å²) in [7, 11) is 1.61. The van der Waals surface area contributed by atoms with Gasteiger partial charge in [-0.05, 0) is 35.7 Å². The number of amides is 1. The largest absolute Gasteiger partial charge is 0.491 e. The second-order valence-electron chi connectivity index (χ2n) is 5.57. The number of halogens is 1. The van der Waals surface area contributed by atoms with E-state index in [9.17, 15) is 9.18 Å². The average Bonchev–Trinajstić information content (AvgIpc) is 2.65. The monoisotopic (exact) mass is 339 g/mol. The number of carbonyl (C=O) groups excluding carboxylic acids is 1. The number of nitrogens with zero attached hydrogens (tertiary/aromatic N) is 1. The maximum Gasteiger partial charge on any atom is 0.258 e. The summed E-state index contributed by atoms with van der Waals surface area (Å²) in [5, 5.41) is 10.5. The fourth-order valence-corrected chi connectivity index (χ4v) is 2.72. The molecule has 1 N–H and O–H groups in total. The molecule has 0 heterocycles. The Hall–Kier alpha value is -2.92. The van der Waals surface area contributed by atoms with E-state index >= 15 is 0 Å². The van der Waals surface area contributed by atoms with Crippen molar-refractivity contribution in [1.82, 2.24) is 0 Å². The second-order valence-corrected chi connectivity index (χ2v) is 5.57. The number of aliphatic hydroxyl groups excluding tert-OH is 1. The molecule has 0 saturated carbocycles. The van der Waals surface area contributed by atoms with E-state index in [1.165, 1.54) is 17.0 Å². The number of hydrogen-bond acceptors (Lipinski definition) is 3. The van der Waals surface area contributed by atoms with E-state index in [0.29, 0.717) is 17.0 Å². The van der Waals surface area contributed by atoms with Gasteiger partial charge in [0.1, 0.15) is 18.2 Å². The molecule has 3 aromatic rings. The standard InChI is InChI=1S/C20H18FNO3/c1-22(15-6-4-5-14(21)13-15)20(24)18-9-10-19(25-12-11-23)17-8-3-2-7-16(17)18/h2-10,13,23H,11-12H2,1H3. The summed E-state index contributed by atoms with van der Waals surface area (Å²) < 4.78 is 19.0. The number of carbonyl (C=O) groups is 1. The Labute approximate surface area is 145 Å². The third kappa shape index (κ3) is 3.46. The van der Waals surface area contributed by atoms with Crippen LogP contribution in [0.1, 0.15) is 10.4 Å². The Kier molecular flexibility index (Phi) is 4.95. The number of rotatable bonds is 5. The first-order chi connectivity index (χ1) is 12.1. The summed E-state index contributed by atoms with van der Waals surface area (Å²) in [6.45, 7) is 0.0950. The number of benzene rings is 3. The van der Waals surface area contributed by atoms with Gasteiger partial charge >= 0.3 is 0 Å². The maximum atomic E-state index is 13.4. The molecule has 5 heteroatoms. The van der Waals surface area contributed by atoms with E-state index in [2.05, 4.69) is 0 Å². The lowest BCUT2D eigenvalue weighted by atomic mass is 10.0. The molecule has 0 fully saturated rings. The van der Waals surface area contributed by atoms with Gasteiger partial charge in [0, 0.05) is 23.7 Å². The van der Waals surface area contributed by atoms with Gasteiger partial charge in [-0.25, -0.2) is 4.39 Å². The SMILES string of the molecule is CN(C(=O)c1ccc(OCCO)c2ccccc12)c1cccc(F)c1. The lowest BCUT2D eigenvalue weighted by Gasteiger charge is -2.19. The Morgan fingerprint density at radius 1 is 1.08 bits per heavy atom. The van der Waals surface area contributed by atoms with Crippen LogP contribution in [0, 0.1) is 5.82 Å². The predicted octanol–water partition coefficient (Wildman–Crippen LogP) is 3.63. The van der Waals surface area contributed by atoms with Crippen LogP contribution >= 0.6 is 0 Å². The molecule has 0 atom stereocenters. The van der Waals surface area contributed by atoms with E-state index in [4.69, 9.17) is 9.84 Å². The molecule has 0 aliphatic heterocycles. The molecule has 128 valence electrons. The minimum Gasteiger partial charge on any atom is -0.491 e. The molecular formula is C20H18FNO3. The first kappa shape index (κ1) is 16.9. The van der Waals surface area contributed by atoms with E-state index < -0.39 is 5.82 Å². The zero-order valence-electron chi connectivity index (χ0n) is 13.8. The van der Waals surface area contributed by atoms with Crippen molar-refractivity contribution in [1.29, 1.82) is 0 Å². The van der Waals surface area contributed by atoms with Crippen molar-refractivity contribution in [3.05, 3.63) is 72.0 Å². The van der Waals surface area contributed by atoms with Gasteiger partial charge in [0.25, 0.3) is 5.91 Å². The zero-order chi connectivity index (χ0) is 17.8. The van der Waals surface area contributed by atoms with Crippen LogP contribution in [0.25, 0.3) is 10.8 Å². The topological polar surface area (TPSA) is 49.8 Å². The third-order valence-corrected chi connectivity index (χ3v) is 3.96. The molecule has 0 bridgehead atoms. The summed E-state index contributed by atoms with van der Waals surface area (Å²) in [4.78, 5) is 14.3. The number of aliphatic hydroxyl groups is 1. The van der Waals surface area contributed by atoms with Gasteiger partial charge in [0.15, 0.2) is 0 Å². The van der Waals surface area contributed by atoms with E-state index in [-0.39, 0.29) is 19.1 Å². The minimum absolute atomic E-state index is 0.0860. The average molecular weight is 339 g/mol. The highest BCUT2D eigenvalue weighted by Gasteiger charge is 2.18. The van der Waals surface area contributed by atoms with Crippen LogP contribution in [0.5, 0.6) is 5.75 Å². The van der Waals surface area contributed by atoms with Gasteiger partial charge < -0.3 is 14.7 Å². The fourth-order valence-electron chi connectivity index (χ4n) is 2.72. The molecule has 0 saturated heterocycles. The van der Waals surface area contributed by atoms with Gasteiger partial charge in [-0.15, -0.1) is 0 Å². The molecule has 3 aromatic carbocycles. The van der Waals surface area contributed by atoms with Crippen LogP contribution in [-0.2, 0) is 0 Å². The number of hydrogen-bond donors (Lipinski definition) is 1. The lowest BCUT2D eigenvalue weighted by molar-refractivity contribution is 0.0994. The molecule has 0 aliphatic rings. The van der Waals surface area contributed by atoms with E-state index in [1.807, 2.05) is 24.3 Å². The Morgan fingerprint density at radius 2 is 1.84 bits per heavy atom. The van der Waals surface area contributed by atoms with Gasteiger partial charge in [0.2, 0.25) is 0 Å². The molecule has 0 radical (unpaired) electrons. The molecule has 25 heavy (non-hydrogen) atoms. The maximum absolute atomic E-state index is 13.4. The van der Waals surface area contributed by atoms with Crippen molar-refractivity contribution < 1.29 is 19.0 Å². The number of ether oxygens (including phenoxy) is 1. The van der Waals surface area contributed by atoms with Crippen molar-refractivity contribution in [2.24, 2.45) is 0 Å². The predicted molar refractivity (Wildman–Crippen MR) is 95.7 cm³/mol. The molecule has 3 rings (SSSR count). The van der Waals surface area contributed by atoms with Gasteiger partial charge in [-0.1, -0.05) is 30.3 Å². The summed E-state index contributed by atoms with van der Waals surface area (Å²) in [5.41, 5.74) is 0.980. The fraction of sp³-hybridized carbons (Fsp3) is 0.150. The molecule has 0 aromatic heterocycles. The van der Waals surface area contributed by atoms with Crippen molar-refractivity contribution in [3.8, 4) is 5.75 Å². The molecule has 0 unspecified atom stereocenters. The van der Waals surface area contributed by atoms with Gasteiger partial charge in [0.05, 0.1) is 6.61 Å². The van der Waals surface area contributed by atoms with Crippen LogP contribution in [0.4, 0.5) is 10.1 Å². The third-order valence-electron chi connectivity index (χ3n) is 3.96. The van der Waals surface area contributed by atoms with Crippen LogP contribution in [-0.4, -0.2) is 31.3 Å². The van der Waals surface area contributed by atoms with Gasteiger partial charge in [-0.3, -0.25) is 4.79 Å². The molecular weight excluding hydrogens is 321 g/mol. The first-order valence-corrected chi connectivity index (χ1v) is 7.91. The van der Waals surface area contributed by atoms with E-state index in [0.717, 1.165) is 10.8 Å². The van der Waals surface area contributed by atoms with Crippen LogP contribution in [0.2, 0.25) is 0 Å². The first-order valence-electron chi connectivity index (χ1n) is 7.91. The lowest BCUT2D eigenvalue weighted by Crippen LogP contribution is -2.26. The summed E-state index contributed by atoms with van der Waals surface area (Å²) in [5.74, 6) is -0.0279. The van der Waals surface area contributed by atoms with Gasteiger partial charge in [-0.2, -0.15) is 0 Å². The Bertz CT molecular complexity index is 910. The zero-order valence-corrected chi connectivity index (χ0v) is 13.8. The van der Waals surface area contributed by atoms with Crippen molar-refractivity contribution >= 4 is 22.4 Å². The molecule has 0 aliphatic carbocycles. The summed E-state index contributed by atoms with van der Waals surface area (Å²) >= 11 is 0. The Morgan fingerprint density at radius 3 is 2.56 bits per heavy atom. The van der Waals surface area contributed by atoms with Crippen molar-refractivity contribution in [2.45, 2.75) is 0 Å². The second kappa shape index (κ2) is 7.32. The number of fused-ring (bicyclic) bond motifs is 1. The van der Waals surface area contributed by atoms with Crippen LogP contribution in [0.15, 0.2) is 60.7 Å². The normalized spacial score (nSPS) is 10.7. The van der Waals surface area contributed by atoms with Crippen LogP contribution in [0.3, 0.4) is 0 Å². The van der Waals surface area contributed by atoms with Crippen LogP contribution < -0.4 is 9.64 Å². The van der Waals surface area contributed by atoms with Crippen molar-refractivity contribution in [2.75, 3.05) is 25.2 Å². The summed E-state index contributed by atoms with van der Waals surface area (Å²) in [6, 6.07) is 16.7.